The van der Waals surface area contributed by atoms with Crippen molar-refractivity contribution >= 4 is 17.2 Å². The number of rotatable bonds is 4. The topological polar surface area (TPSA) is 72.1 Å². The number of thiazole rings is 1. The Kier molecular flexibility index (Phi) is 4.20. The molecule has 0 aliphatic rings. The Morgan fingerprint density at radius 2 is 2.17 bits per heavy atom. The Labute approximate surface area is 137 Å². The van der Waals surface area contributed by atoms with Crippen molar-refractivity contribution in [1.82, 2.24) is 20.0 Å². The molecule has 0 aromatic carbocycles. The molecule has 3 aromatic heterocycles. The summed E-state index contributed by atoms with van der Waals surface area (Å²) >= 11 is 1.36. The molecular formula is C16H16N4O2S. The molecule has 3 aromatic rings. The van der Waals surface area contributed by atoms with Crippen LogP contribution in [0.3, 0.4) is 0 Å². The lowest BCUT2D eigenvalue weighted by Crippen LogP contribution is -2.26. The van der Waals surface area contributed by atoms with Crippen LogP contribution in [0.1, 0.15) is 26.8 Å². The van der Waals surface area contributed by atoms with Crippen molar-refractivity contribution in [2.24, 2.45) is 0 Å². The van der Waals surface area contributed by atoms with Gasteiger partial charge in [-0.1, -0.05) is 11.2 Å². The molecule has 0 unspecified atom stereocenters. The van der Waals surface area contributed by atoms with E-state index in [9.17, 15) is 4.79 Å². The van der Waals surface area contributed by atoms with Crippen LogP contribution < -0.4 is 0 Å². The number of pyridine rings is 1. The highest BCUT2D eigenvalue weighted by atomic mass is 32.1. The second-order valence-electron chi connectivity index (χ2n) is 5.24. The summed E-state index contributed by atoms with van der Waals surface area (Å²) in [5.41, 5.74) is 2.21. The summed E-state index contributed by atoms with van der Waals surface area (Å²) in [5.74, 6) is 0.648. The van der Waals surface area contributed by atoms with E-state index in [1.54, 1.807) is 18.1 Å². The third-order valence-electron chi connectivity index (χ3n) is 3.30. The second-order valence-corrected chi connectivity index (χ2v) is 6.24. The van der Waals surface area contributed by atoms with Crippen molar-refractivity contribution in [3.05, 3.63) is 52.5 Å². The average Bonchev–Trinajstić information content (AvgIpc) is 3.13. The van der Waals surface area contributed by atoms with E-state index in [0.717, 1.165) is 22.2 Å². The molecule has 0 spiro atoms. The number of aryl methyl sites for hydroxylation is 2. The first-order chi connectivity index (χ1) is 11.0. The summed E-state index contributed by atoms with van der Waals surface area (Å²) in [6.07, 6.45) is 1.71. The molecule has 0 N–H and O–H groups in total. The summed E-state index contributed by atoms with van der Waals surface area (Å²) in [6.45, 7) is 4.06. The van der Waals surface area contributed by atoms with Gasteiger partial charge in [-0.3, -0.25) is 9.78 Å². The van der Waals surface area contributed by atoms with E-state index < -0.39 is 0 Å². The highest BCUT2D eigenvalue weighted by Crippen LogP contribution is 2.27. The maximum Gasteiger partial charge on any atom is 0.265 e. The van der Waals surface area contributed by atoms with Gasteiger partial charge in [-0.15, -0.1) is 11.3 Å². The molecule has 0 aliphatic carbocycles. The van der Waals surface area contributed by atoms with E-state index in [1.807, 2.05) is 38.1 Å². The minimum absolute atomic E-state index is 0.0807. The first-order valence-electron chi connectivity index (χ1n) is 7.11. The summed E-state index contributed by atoms with van der Waals surface area (Å²) in [6, 6.07) is 7.46. The molecule has 0 saturated carbocycles. The predicted octanol–water partition coefficient (Wildman–Crippen LogP) is 3.08. The second kappa shape index (κ2) is 6.29. The zero-order valence-electron chi connectivity index (χ0n) is 13.1. The van der Waals surface area contributed by atoms with Crippen LogP contribution in [-0.2, 0) is 6.54 Å². The molecule has 1 amide bonds. The van der Waals surface area contributed by atoms with Crippen molar-refractivity contribution in [1.29, 1.82) is 0 Å². The fourth-order valence-corrected chi connectivity index (χ4v) is 3.21. The van der Waals surface area contributed by atoms with Crippen LogP contribution in [0.2, 0.25) is 0 Å². The summed E-state index contributed by atoms with van der Waals surface area (Å²) < 4.78 is 5.03. The third-order valence-corrected chi connectivity index (χ3v) is 4.47. The molecule has 0 bridgehead atoms. The fourth-order valence-electron chi connectivity index (χ4n) is 2.17. The molecule has 6 nitrogen and oxygen atoms in total. The maximum atomic E-state index is 12.6. The predicted molar refractivity (Wildman–Crippen MR) is 87.1 cm³/mol. The van der Waals surface area contributed by atoms with Gasteiger partial charge < -0.3 is 9.42 Å². The van der Waals surface area contributed by atoms with E-state index >= 15 is 0 Å². The smallest absolute Gasteiger partial charge is 0.265 e. The normalized spacial score (nSPS) is 10.7. The standard InChI is InChI=1S/C16H16N4O2S/c1-10-8-12(19-22-10)9-20(3)16(21)14-11(2)18-15(23-14)13-6-4-5-7-17-13/h4-8H,9H2,1-3H3. The molecule has 3 rings (SSSR count). The molecular weight excluding hydrogens is 312 g/mol. The number of carbonyl (C=O) groups is 1. The van der Waals surface area contributed by atoms with Crippen LogP contribution in [-0.4, -0.2) is 33.0 Å². The first-order valence-corrected chi connectivity index (χ1v) is 7.92. The van der Waals surface area contributed by atoms with Gasteiger partial charge in [0, 0.05) is 19.3 Å². The minimum Gasteiger partial charge on any atom is -0.361 e. The van der Waals surface area contributed by atoms with E-state index in [2.05, 4.69) is 15.1 Å². The minimum atomic E-state index is -0.0807. The van der Waals surface area contributed by atoms with Crippen LogP contribution in [0.15, 0.2) is 35.0 Å². The van der Waals surface area contributed by atoms with Gasteiger partial charge in [0.25, 0.3) is 5.91 Å². The Morgan fingerprint density at radius 3 is 2.83 bits per heavy atom. The van der Waals surface area contributed by atoms with Crippen LogP contribution in [0.4, 0.5) is 0 Å². The van der Waals surface area contributed by atoms with Crippen molar-refractivity contribution < 1.29 is 9.32 Å². The number of hydrogen-bond donors (Lipinski definition) is 0. The quantitative estimate of drug-likeness (QED) is 0.736. The molecule has 3 heterocycles. The Hall–Kier alpha value is -2.54. The molecule has 23 heavy (non-hydrogen) atoms. The zero-order chi connectivity index (χ0) is 16.4. The number of nitrogens with zero attached hydrogens (tertiary/aromatic N) is 4. The Morgan fingerprint density at radius 1 is 1.35 bits per heavy atom. The van der Waals surface area contributed by atoms with Crippen LogP contribution in [0.25, 0.3) is 10.7 Å². The molecule has 118 valence electrons. The number of carbonyl (C=O) groups excluding carboxylic acids is 1. The van der Waals surface area contributed by atoms with Crippen molar-refractivity contribution in [2.75, 3.05) is 7.05 Å². The van der Waals surface area contributed by atoms with Crippen LogP contribution in [0, 0.1) is 13.8 Å². The molecule has 0 aliphatic heterocycles. The van der Waals surface area contributed by atoms with Gasteiger partial charge in [0.2, 0.25) is 0 Å². The molecule has 7 heteroatoms. The highest BCUT2D eigenvalue weighted by molar-refractivity contribution is 7.17. The number of amides is 1. The fraction of sp³-hybridized carbons (Fsp3) is 0.250. The van der Waals surface area contributed by atoms with Crippen LogP contribution in [0.5, 0.6) is 0 Å². The largest absolute Gasteiger partial charge is 0.361 e. The maximum absolute atomic E-state index is 12.6. The zero-order valence-corrected chi connectivity index (χ0v) is 13.9. The molecule has 0 atom stereocenters. The van der Waals surface area contributed by atoms with Crippen LogP contribution >= 0.6 is 11.3 Å². The van der Waals surface area contributed by atoms with Gasteiger partial charge in [0.15, 0.2) is 0 Å². The van der Waals surface area contributed by atoms with Gasteiger partial charge in [-0.05, 0) is 26.0 Å². The molecule has 0 radical (unpaired) electrons. The monoisotopic (exact) mass is 328 g/mol. The lowest BCUT2D eigenvalue weighted by molar-refractivity contribution is 0.0786. The van der Waals surface area contributed by atoms with E-state index in [4.69, 9.17) is 4.52 Å². The van der Waals surface area contributed by atoms with Gasteiger partial charge in [-0.25, -0.2) is 4.98 Å². The molecule has 0 fully saturated rings. The third kappa shape index (κ3) is 3.29. The molecule has 0 saturated heterocycles. The van der Waals surface area contributed by atoms with E-state index in [1.165, 1.54) is 11.3 Å². The number of aromatic nitrogens is 3. The number of hydrogen-bond acceptors (Lipinski definition) is 6. The summed E-state index contributed by atoms with van der Waals surface area (Å²) in [4.78, 5) is 23.6. The van der Waals surface area contributed by atoms with Crippen molar-refractivity contribution in [3.63, 3.8) is 0 Å². The lowest BCUT2D eigenvalue weighted by atomic mass is 10.3. The Balaban J connectivity index is 1.81. The van der Waals surface area contributed by atoms with Gasteiger partial charge >= 0.3 is 0 Å². The van der Waals surface area contributed by atoms with Gasteiger partial charge in [-0.2, -0.15) is 0 Å². The van der Waals surface area contributed by atoms with Crippen molar-refractivity contribution in [2.45, 2.75) is 20.4 Å². The van der Waals surface area contributed by atoms with Gasteiger partial charge in [0.05, 0.1) is 17.9 Å². The SMILES string of the molecule is Cc1cc(CN(C)C(=O)c2sc(-c3ccccn3)nc2C)no1. The first kappa shape index (κ1) is 15.4. The van der Waals surface area contributed by atoms with E-state index in [0.29, 0.717) is 17.1 Å². The summed E-state index contributed by atoms with van der Waals surface area (Å²) in [7, 11) is 1.74. The van der Waals surface area contributed by atoms with Gasteiger partial charge in [0.1, 0.15) is 21.3 Å². The Bertz CT molecular complexity index is 826. The average molecular weight is 328 g/mol. The van der Waals surface area contributed by atoms with E-state index in [-0.39, 0.29) is 5.91 Å². The van der Waals surface area contributed by atoms with Crippen molar-refractivity contribution in [3.8, 4) is 10.7 Å². The highest BCUT2D eigenvalue weighted by Gasteiger charge is 2.20. The lowest BCUT2D eigenvalue weighted by Gasteiger charge is -2.14. The summed E-state index contributed by atoms with van der Waals surface area (Å²) in [5, 5.41) is 4.66.